The van der Waals surface area contributed by atoms with Gasteiger partial charge in [0.25, 0.3) is 5.56 Å². The first kappa shape index (κ1) is 24.5. The predicted octanol–water partition coefficient (Wildman–Crippen LogP) is 5.80. The van der Waals surface area contributed by atoms with E-state index in [1.165, 1.54) is 0 Å². The standard InChI is InChI=1S/C31H25N3O4/c1-37-23-16-12-20(13-17-23)28(32-22-8-4-3-5-9-22)27(30(35)21-14-18-24(38-2)19-15-21)29-31(36)34-26-11-7-6-10-25(26)33-29/h3-19,32H,1-2H3,(H,34,36)/b28-27+. The number of ether oxygens (including phenoxy) is 2. The van der Waals surface area contributed by atoms with Gasteiger partial charge in [-0.2, -0.15) is 0 Å². The largest absolute Gasteiger partial charge is 0.497 e. The number of carbonyl (C=O) groups excluding carboxylic acids is 1. The summed E-state index contributed by atoms with van der Waals surface area (Å²) >= 11 is 0. The van der Waals surface area contributed by atoms with Crippen molar-refractivity contribution in [2.24, 2.45) is 0 Å². The number of allylic oxidation sites excluding steroid dienone is 1. The van der Waals surface area contributed by atoms with Crippen LogP contribution in [0.3, 0.4) is 0 Å². The summed E-state index contributed by atoms with van der Waals surface area (Å²) < 4.78 is 10.6. The molecule has 2 N–H and O–H groups in total. The van der Waals surface area contributed by atoms with Crippen molar-refractivity contribution >= 4 is 33.8 Å². The average molecular weight is 504 g/mol. The van der Waals surface area contributed by atoms with Crippen molar-refractivity contribution in [3.63, 3.8) is 0 Å². The fourth-order valence-corrected chi connectivity index (χ4v) is 4.13. The van der Waals surface area contributed by atoms with Crippen LogP contribution in [-0.2, 0) is 0 Å². The van der Waals surface area contributed by atoms with Gasteiger partial charge in [-0.3, -0.25) is 9.59 Å². The van der Waals surface area contributed by atoms with Crippen LogP contribution in [0, 0.1) is 0 Å². The van der Waals surface area contributed by atoms with Gasteiger partial charge in [0.05, 0.1) is 36.5 Å². The molecule has 188 valence electrons. The molecule has 0 aliphatic rings. The number of Topliss-reactive ketones (excluding diaryl/α,β-unsaturated/α-hetero) is 1. The number of ketones is 1. The molecular weight excluding hydrogens is 478 g/mol. The summed E-state index contributed by atoms with van der Waals surface area (Å²) in [6.07, 6.45) is 0. The number of H-pyrrole nitrogens is 1. The van der Waals surface area contributed by atoms with Gasteiger partial charge in [0, 0.05) is 11.3 Å². The van der Waals surface area contributed by atoms with Crippen LogP contribution < -0.4 is 20.3 Å². The zero-order valence-corrected chi connectivity index (χ0v) is 20.9. The van der Waals surface area contributed by atoms with Gasteiger partial charge in [0.15, 0.2) is 5.78 Å². The third-order valence-corrected chi connectivity index (χ3v) is 6.09. The lowest BCUT2D eigenvalue weighted by Crippen LogP contribution is -2.21. The molecule has 7 nitrogen and oxygen atoms in total. The molecule has 0 aliphatic heterocycles. The highest BCUT2D eigenvalue weighted by Gasteiger charge is 2.25. The van der Waals surface area contributed by atoms with Crippen molar-refractivity contribution in [3.8, 4) is 11.5 Å². The van der Waals surface area contributed by atoms with Crippen molar-refractivity contribution in [1.82, 2.24) is 9.97 Å². The van der Waals surface area contributed by atoms with E-state index in [4.69, 9.17) is 9.47 Å². The molecule has 0 saturated heterocycles. The topological polar surface area (TPSA) is 93.3 Å². The number of nitrogens with one attached hydrogen (secondary N) is 2. The maximum absolute atomic E-state index is 14.2. The Morgan fingerprint density at radius 3 is 1.95 bits per heavy atom. The van der Waals surface area contributed by atoms with E-state index in [0.29, 0.717) is 39.4 Å². The minimum atomic E-state index is -0.471. The number of rotatable bonds is 8. The first-order chi connectivity index (χ1) is 18.6. The second-order valence-electron chi connectivity index (χ2n) is 8.46. The van der Waals surface area contributed by atoms with E-state index in [1.54, 1.807) is 62.8 Å². The number of hydrogen-bond donors (Lipinski definition) is 2. The Morgan fingerprint density at radius 1 is 0.737 bits per heavy atom. The Kier molecular flexibility index (Phi) is 6.99. The Hall–Kier alpha value is -5.17. The van der Waals surface area contributed by atoms with Gasteiger partial charge in [-0.15, -0.1) is 0 Å². The molecule has 0 unspecified atom stereocenters. The van der Waals surface area contributed by atoms with Crippen LogP contribution in [0.5, 0.6) is 11.5 Å². The highest BCUT2D eigenvalue weighted by atomic mass is 16.5. The van der Waals surface area contributed by atoms with Gasteiger partial charge in [0.1, 0.15) is 17.2 Å². The van der Waals surface area contributed by atoms with Crippen molar-refractivity contribution in [2.75, 3.05) is 19.5 Å². The Bertz CT molecular complexity index is 1670. The molecular formula is C31H25N3O4. The molecule has 0 aliphatic carbocycles. The highest BCUT2D eigenvalue weighted by molar-refractivity contribution is 6.34. The van der Waals surface area contributed by atoms with Crippen LogP contribution in [0.2, 0.25) is 0 Å². The lowest BCUT2D eigenvalue weighted by molar-refractivity contribution is 0.105. The van der Waals surface area contributed by atoms with E-state index in [1.807, 2.05) is 54.6 Å². The number of para-hydroxylation sites is 3. The summed E-state index contributed by atoms with van der Waals surface area (Å²) in [6.45, 7) is 0. The molecule has 0 bridgehead atoms. The van der Waals surface area contributed by atoms with Crippen LogP contribution in [0.1, 0.15) is 21.6 Å². The van der Waals surface area contributed by atoms with Gasteiger partial charge >= 0.3 is 0 Å². The molecule has 4 aromatic carbocycles. The maximum atomic E-state index is 14.2. The molecule has 1 aromatic heterocycles. The fraction of sp³-hybridized carbons (Fsp3) is 0.0645. The van der Waals surface area contributed by atoms with E-state index >= 15 is 0 Å². The summed E-state index contributed by atoms with van der Waals surface area (Å²) in [5.41, 5.74) is 3.08. The van der Waals surface area contributed by atoms with Gasteiger partial charge < -0.3 is 19.8 Å². The number of fused-ring (bicyclic) bond motifs is 1. The smallest absolute Gasteiger partial charge is 0.275 e. The van der Waals surface area contributed by atoms with E-state index in [0.717, 1.165) is 5.69 Å². The second-order valence-corrected chi connectivity index (χ2v) is 8.46. The number of methoxy groups -OCH3 is 2. The third kappa shape index (κ3) is 5.03. The number of benzene rings is 4. The van der Waals surface area contributed by atoms with Crippen LogP contribution >= 0.6 is 0 Å². The number of aromatic nitrogens is 2. The van der Waals surface area contributed by atoms with Crippen LogP contribution in [0.15, 0.2) is 108 Å². The normalized spacial score (nSPS) is 11.5. The molecule has 0 radical (unpaired) electrons. The monoisotopic (exact) mass is 503 g/mol. The molecule has 38 heavy (non-hydrogen) atoms. The van der Waals surface area contributed by atoms with Gasteiger partial charge in [-0.25, -0.2) is 4.98 Å². The first-order valence-electron chi connectivity index (χ1n) is 12.0. The Balaban J connectivity index is 1.81. The van der Waals surface area contributed by atoms with Crippen molar-refractivity contribution < 1.29 is 14.3 Å². The van der Waals surface area contributed by atoms with Crippen molar-refractivity contribution in [3.05, 3.63) is 130 Å². The molecule has 7 heteroatoms. The average Bonchev–Trinajstić information content (AvgIpc) is 2.97. The van der Waals surface area contributed by atoms with E-state index in [2.05, 4.69) is 15.3 Å². The molecule has 0 atom stereocenters. The van der Waals surface area contributed by atoms with Crippen LogP contribution in [0.4, 0.5) is 5.69 Å². The number of hydrogen-bond acceptors (Lipinski definition) is 6. The van der Waals surface area contributed by atoms with Crippen LogP contribution in [0.25, 0.3) is 22.3 Å². The predicted molar refractivity (Wildman–Crippen MR) is 150 cm³/mol. The number of aromatic amines is 1. The minimum Gasteiger partial charge on any atom is -0.497 e. The molecule has 0 saturated carbocycles. The van der Waals surface area contributed by atoms with Gasteiger partial charge in [-0.05, 0) is 78.4 Å². The number of nitrogens with zero attached hydrogens (tertiary/aromatic N) is 1. The summed E-state index contributed by atoms with van der Waals surface area (Å²) in [6, 6.07) is 30.7. The molecule has 1 heterocycles. The lowest BCUT2D eigenvalue weighted by Gasteiger charge is -2.18. The minimum absolute atomic E-state index is 0.0127. The molecule has 0 fully saturated rings. The number of carbonyl (C=O) groups is 1. The van der Waals surface area contributed by atoms with Crippen molar-refractivity contribution in [1.29, 1.82) is 0 Å². The summed E-state index contributed by atoms with van der Waals surface area (Å²) in [7, 11) is 3.15. The SMILES string of the molecule is COc1ccc(C(=O)/C(=C(/Nc2ccccc2)c2ccc(OC)cc2)c2nc3ccccc3[nH]c2=O)cc1. The zero-order chi connectivity index (χ0) is 26.5. The van der Waals surface area contributed by atoms with E-state index in [9.17, 15) is 9.59 Å². The Morgan fingerprint density at radius 2 is 1.32 bits per heavy atom. The second kappa shape index (κ2) is 10.8. The van der Waals surface area contributed by atoms with E-state index in [-0.39, 0.29) is 17.1 Å². The zero-order valence-electron chi connectivity index (χ0n) is 20.9. The molecule has 0 spiro atoms. The summed E-state index contributed by atoms with van der Waals surface area (Å²) in [5.74, 6) is 0.916. The van der Waals surface area contributed by atoms with Gasteiger partial charge in [-0.1, -0.05) is 30.3 Å². The van der Waals surface area contributed by atoms with Crippen molar-refractivity contribution in [2.45, 2.75) is 0 Å². The molecule has 5 aromatic rings. The quantitative estimate of drug-likeness (QED) is 0.205. The van der Waals surface area contributed by atoms with E-state index < -0.39 is 5.56 Å². The number of anilines is 1. The third-order valence-electron chi connectivity index (χ3n) is 6.09. The maximum Gasteiger partial charge on any atom is 0.275 e. The first-order valence-corrected chi connectivity index (χ1v) is 12.0. The molecule has 5 rings (SSSR count). The van der Waals surface area contributed by atoms with Gasteiger partial charge in [0.2, 0.25) is 0 Å². The summed E-state index contributed by atoms with van der Waals surface area (Å²) in [5, 5.41) is 3.38. The van der Waals surface area contributed by atoms with Crippen LogP contribution in [-0.4, -0.2) is 30.0 Å². The Labute approximate surface area is 219 Å². The fourth-order valence-electron chi connectivity index (χ4n) is 4.13. The summed E-state index contributed by atoms with van der Waals surface area (Å²) in [4.78, 5) is 35.2. The molecule has 0 amide bonds. The highest BCUT2D eigenvalue weighted by Crippen LogP contribution is 2.31. The lowest BCUT2D eigenvalue weighted by atomic mass is 9.95.